The molecule has 3 aliphatic rings. The van der Waals surface area contributed by atoms with E-state index in [0.717, 1.165) is 34.4 Å². The minimum Gasteiger partial charge on any atom is -0.454 e. The number of aromatic nitrogens is 2. The summed E-state index contributed by atoms with van der Waals surface area (Å²) in [6.07, 6.45) is -2.37. The van der Waals surface area contributed by atoms with Crippen molar-refractivity contribution in [1.82, 2.24) is 9.78 Å². The highest BCUT2D eigenvalue weighted by atomic mass is 32.1. The van der Waals surface area contributed by atoms with Crippen LogP contribution < -0.4 is 20.1 Å². The summed E-state index contributed by atoms with van der Waals surface area (Å²) >= 11 is 1.37. The second-order valence-corrected chi connectivity index (χ2v) is 12.6. The molecule has 1 amide bonds. The van der Waals surface area contributed by atoms with Crippen LogP contribution in [-0.4, -0.2) is 28.7 Å². The van der Waals surface area contributed by atoms with E-state index in [2.05, 4.69) is 42.6 Å². The van der Waals surface area contributed by atoms with Gasteiger partial charge in [0.05, 0.1) is 11.6 Å². The highest BCUT2D eigenvalue weighted by molar-refractivity contribution is 7.16. The van der Waals surface area contributed by atoms with Crippen LogP contribution in [0.25, 0.3) is 0 Å². The summed E-state index contributed by atoms with van der Waals surface area (Å²) in [7, 11) is 0. The fourth-order valence-corrected chi connectivity index (χ4v) is 7.00. The van der Waals surface area contributed by atoms with E-state index in [1.807, 2.05) is 0 Å². The van der Waals surface area contributed by atoms with Crippen molar-refractivity contribution in [3.8, 4) is 17.6 Å². The van der Waals surface area contributed by atoms with E-state index < -0.39 is 24.2 Å². The Kier molecular flexibility index (Phi) is 6.25. The summed E-state index contributed by atoms with van der Waals surface area (Å²) < 4.78 is 54.0. The smallest absolute Gasteiger partial charge is 0.410 e. The first kappa shape index (κ1) is 26.5. The number of hydrogen-bond donors (Lipinski definition) is 2. The van der Waals surface area contributed by atoms with E-state index in [-0.39, 0.29) is 30.1 Å². The topological polar surface area (TPSA) is 101 Å². The van der Waals surface area contributed by atoms with Crippen LogP contribution in [0.1, 0.15) is 77.8 Å². The Morgan fingerprint density at radius 2 is 2.00 bits per heavy atom. The van der Waals surface area contributed by atoms with Crippen molar-refractivity contribution in [2.45, 2.75) is 64.7 Å². The molecule has 2 aromatic heterocycles. The lowest BCUT2D eigenvalue weighted by atomic mass is 9.72. The SMILES string of the molecule is CC(C)(C)[C@@H]1CCc2c(sc(NC(=O)c3cc4n(n3)[C@@H](C(F)(F)F)C[C@H](c3ccc5c(c3)OCO5)N4)c2C#N)C1. The highest BCUT2D eigenvalue weighted by Gasteiger charge is 2.47. The molecule has 0 unspecified atom stereocenters. The average molecular weight is 572 g/mol. The van der Waals surface area contributed by atoms with Crippen LogP contribution in [0.2, 0.25) is 0 Å². The number of anilines is 2. The van der Waals surface area contributed by atoms with Gasteiger partial charge in [-0.2, -0.15) is 23.5 Å². The van der Waals surface area contributed by atoms with Gasteiger partial charge in [0.2, 0.25) is 6.79 Å². The highest BCUT2D eigenvalue weighted by Crippen LogP contribution is 2.46. The van der Waals surface area contributed by atoms with Gasteiger partial charge in [0.15, 0.2) is 23.2 Å². The van der Waals surface area contributed by atoms with Gasteiger partial charge in [-0.25, -0.2) is 4.68 Å². The Balaban J connectivity index is 1.27. The lowest BCUT2D eigenvalue weighted by Crippen LogP contribution is -2.35. The molecule has 3 atom stereocenters. The molecular weight excluding hydrogens is 543 g/mol. The quantitative estimate of drug-likeness (QED) is 0.367. The zero-order valence-corrected chi connectivity index (χ0v) is 23.0. The number of rotatable bonds is 3. The Hall–Kier alpha value is -3.72. The molecule has 12 heteroatoms. The van der Waals surface area contributed by atoms with Gasteiger partial charge in [0.1, 0.15) is 16.9 Å². The number of amides is 1. The van der Waals surface area contributed by atoms with Crippen LogP contribution >= 0.6 is 11.3 Å². The van der Waals surface area contributed by atoms with Crippen LogP contribution in [0.5, 0.6) is 11.5 Å². The zero-order chi connectivity index (χ0) is 28.4. The number of fused-ring (bicyclic) bond motifs is 3. The number of alkyl halides is 3. The molecule has 4 heterocycles. The van der Waals surface area contributed by atoms with Crippen LogP contribution in [0.4, 0.5) is 24.0 Å². The molecule has 1 aliphatic carbocycles. The molecule has 40 heavy (non-hydrogen) atoms. The summed E-state index contributed by atoms with van der Waals surface area (Å²) in [5.74, 6) is 0.892. The molecule has 0 fully saturated rings. The number of hydrogen-bond acceptors (Lipinski definition) is 7. The van der Waals surface area contributed by atoms with Crippen molar-refractivity contribution >= 4 is 28.1 Å². The number of halogens is 3. The van der Waals surface area contributed by atoms with E-state index in [1.54, 1.807) is 18.2 Å². The molecular formula is C28H28F3N5O3S. The van der Waals surface area contributed by atoms with Gasteiger partial charge in [0.25, 0.3) is 5.91 Å². The maximum absolute atomic E-state index is 14.2. The molecule has 2 aliphatic heterocycles. The van der Waals surface area contributed by atoms with Gasteiger partial charge >= 0.3 is 6.18 Å². The van der Waals surface area contributed by atoms with Crippen molar-refractivity contribution in [2.75, 3.05) is 17.4 Å². The molecule has 1 aromatic carbocycles. The number of nitrogens with zero attached hydrogens (tertiary/aromatic N) is 3. The molecule has 0 radical (unpaired) electrons. The number of thiophene rings is 1. The third-order valence-electron chi connectivity index (χ3n) is 8.05. The summed E-state index contributed by atoms with van der Waals surface area (Å²) in [6, 6.07) is 5.96. The molecule has 0 bridgehead atoms. The number of carbonyl (C=O) groups is 1. The predicted molar refractivity (Wildman–Crippen MR) is 143 cm³/mol. The van der Waals surface area contributed by atoms with E-state index in [9.17, 15) is 23.2 Å². The van der Waals surface area contributed by atoms with Crippen molar-refractivity contribution in [3.05, 3.63) is 51.5 Å². The molecule has 6 rings (SSSR count). The molecule has 3 aromatic rings. The average Bonchev–Trinajstić information content (AvgIpc) is 3.61. The summed E-state index contributed by atoms with van der Waals surface area (Å²) in [4.78, 5) is 14.3. The lowest BCUT2D eigenvalue weighted by Gasteiger charge is -2.33. The van der Waals surface area contributed by atoms with Gasteiger partial charge in [-0.05, 0) is 53.9 Å². The summed E-state index contributed by atoms with van der Waals surface area (Å²) in [5.41, 5.74) is 1.95. The van der Waals surface area contributed by atoms with Crippen LogP contribution in [0.3, 0.4) is 0 Å². The molecule has 8 nitrogen and oxygen atoms in total. The molecule has 0 saturated carbocycles. The second kappa shape index (κ2) is 9.44. The second-order valence-electron chi connectivity index (χ2n) is 11.5. The van der Waals surface area contributed by atoms with Crippen LogP contribution in [0, 0.1) is 22.7 Å². The molecule has 0 saturated heterocycles. The normalized spacial score (nSPS) is 21.7. The maximum atomic E-state index is 14.2. The third kappa shape index (κ3) is 4.66. The minimum atomic E-state index is -4.59. The Labute approximate surface area is 233 Å². The molecule has 210 valence electrons. The standard InChI is InChI=1S/C28H28F3N5O3S/c1-27(2,3)15-5-6-16-17(12-32)26(40-22(16)9-15)34-25(37)19-11-24-33-18(10-23(28(29,30)31)36(24)35-19)14-4-7-20-21(8-14)39-13-38-20/h4,7-8,11,15,18,23,33H,5-6,9-10,13H2,1-3H3,(H,34,37)/t15-,18-,23-/m1/s1. The van der Waals surface area contributed by atoms with Gasteiger partial charge in [-0.1, -0.05) is 26.8 Å². The first-order chi connectivity index (χ1) is 18.9. The predicted octanol–water partition coefficient (Wildman–Crippen LogP) is 6.61. The number of nitriles is 1. The number of benzene rings is 1. The minimum absolute atomic E-state index is 0.0607. The van der Waals surface area contributed by atoms with E-state index in [4.69, 9.17) is 9.47 Å². The van der Waals surface area contributed by atoms with Gasteiger partial charge in [0, 0.05) is 17.4 Å². The Morgan fingerprint density at radius 3 is 2.73 bits per heavy atom. The fourth-order valence-electron chi connectivity index (χ4n) is 5.73. The summed E-state index contributed by atoms with van der Waals surface area (Å²) in [5, 5.41) is 20.2. The van der Waals surface area contributed by atoms with Gasteiger partial charge in [-0.15, -0.1) is 11.3 Å². The van der Waals surface area contributed by atoms with Gasteiger partial charge < -0.3 is 20.1 Å². The molecule has 0 spiro atoms. The summed E-state index contributed by atoms with van der Waals surface area (Å²) in [6.45, 7) is 6.66. The monoisotopic (exact) mass is 571 g/mol. The number of nitrogens with one attached hydrogen (secondary N) is 2. The number of carbonyl (C=O) groups excluding carboxylic acids is 1. The van der Waals surface area contributed by atoms with E-state index >= 15 is 0 Å². The van der Waals surface area contributed by atoms with Gasteiger partial charge in [-0.3, -0.25) is 4.79 Å². The van der Waals surface area contributed by atoms with Crippen LogP contribution in [0.15, 0.2) is 24.3 Å². The third-order valence-corrected chi connectivity index (χ3v) is 9.22. The van der Waals surface area contributed by atoms with Crippen molar-refractivity contribution in [1.29, 1.82) is 5.26 Å². The van der Waals surface area contributed by atoms with Crippen LogP contribution in [-0.2, 0) is 12.8 Å². The van der Waals surface area contributed by atoms with E-state index in [1.165, 1.54) is 17.4 Å². The first-order valence-corrected chi connectivity index (χ1v) is 13.9. The fraction of sp³-hybridized carbons (Fsp3) is 0.464. The first-order valence-electron chi connectivity index (χ1n) is 13.1. The van der Waals surface area contributed by atoms with Crippen molar-refractivity contribution in [3.63, 3.8) is 0 Å². The maximum Gasteiger partial charge on any atom is 0.410 e. The largest absolute Gasteiger partial charge is 0.454 e. The number of ether oxygens (including phenoxy) is 2. The Bertz CT molecular complexity index is 1530. The Morgan fingerprint density at radius 1 is 1.23 bits per heavy atom. The van der Waals surface area contributed by atoms with Crippen molar-refractivity contribution in [2.24, 2.45) is 11.3 Å². The zero-order valence-electron chi connectivity index (χ0n) is 22.2. The van der Waals surface area contributed by atoms with Crippen molar-refractivity contribution < 1.29 is 27.4 Å². The molecule has 2 N–H and O–H groups in total. The lowest BCUT2D eigenvalue weighted by molar-refractivity contribution is -0.173. The van der Waals surface area contributed by atoms with E-state index in [0.29, 0.717) is 33.5 Å².